The van der Waals surface area contributed by atoms with Crippen molar-refractivity contribution >= 4 is 23.0 Å². The summed E-state index contributed by atoms with van der Waals surface area (Å²) < 4.78 is 38.6. The number of hydrazone groups is 1. The van der Waals surface area contributed by atoms with Gasteiger partial charge in [0.15, 0.2) is 0 Å². The van der Waals surface area contributed by atoms with Gasteiger partial charge in [-0.3, -0.25) is 4.79 Å². The van der Waals surface area contributed by atoms with Gasteiger partial charge in [0.25, 0.3) is 11.6 Å². The van der Waals surface area contributed by atoms with Crippen molar-refractivity contribution < 1.29 is 23.1 Å². The van der Waals surface area contributed by atoms with Gasteiger partial charge >= 0.3 is 6.18 Å². The highest BCUT2D eigenvalue weighted by Gasteiger charge is 2.62. The van der Waals surface area contributed by atoms with Crippen LogP contribution in [0.25, 0.3) is 0 Å². The fraction of sp³-hybridized carbons (Fsp3) is 0.400. The number of halogens is 3. The first-order valence-electron chi connectivity index (χ1n) is 4.97. The molecular formula is C10H9F3N2O2S. The molecule has 18 heavy (non-hydrogen) atoms. The minimum atomic E-state index is -4.96. The largest absolute Gasteiger partial charge is 0.438 e. The van der Waals surface area contributed by atoms with Crippen molar-refractivity contribution in [1.29, 1.82) is 0 Å². The maximum atomic E-state index is 12.9. The summed E-state index contributed by atoms with van der Waals surface area (Å²) in [5, 5.41) is 14.9. The van der Waals surface area contributed by atoms with Crippen LogP contribution in [0.15, 0.2) is 22.6 Å². The lowest BCUT2D eigenvalue weighted by molar-refractivity contribution is -0.297. The van der Waals surface area contributed by atoms with E-state index in [4.69, 9.17) is 0 Å². The van der Waals surface area contributed by atoms with Gasteiger partial charge in [0.05, 0.1) is 4.88 Å². The SMILES string of the molecule is CC1=NN(C(=O)c2cccs2)C(O)(C(F)(F)F)C1. The maximum absolute atomic E-state index is 12.9. The summed E-state index contributed by atoms with van der Waals surface area (Å²) in [6, 6.07) is 2.92. The Kier molecular flexibility index (Phi) is 2.94. The van der Waals surface area contributed by atoms with Crippen molar-refractivity contribution in [2.45, 2.75) is 25.2 Å². The molecule has 8 heteroatoms. The molecule has 98 valence electrons. The van der Waals surface area contributed by atoms with Crippen molar-refractivity contribution in [2.24, 2.45) is 5.10 Å². The van der Waals surface area contributed by atoms with Crippen LogP contribution in [0.2, 0.25) is 0 Å². The summed E-state index contributed by atoms with van der Waals surface area (Å²) in [7, 11) is 0. The number of nitrogens with zero attached hydrogens (tertiary/aromatic N) is 2. The minimum Gasteiger partial charge on any atom is -0.362 e. The molecule has 1 atom stereocenters. The topological polar surface area (TPSA) is 52.9 Å². The highest BCUT2D eigenvalue weighted by molar-refractivity contribution is 7.12. The van der Waals surface area contributed by atoms with Gasteiger partial charge in [0.2, 0.25) is 0 Å². The first-order valence-corrected chi connectivity index (χ1v) is 5.85. The van der Waals surface area contributed by atoms with Crippen LogP contribution in [0.1, 0.15) is 23.0 Å². The van der Waals surface area contributed by atoms with Crippen molar-refractivity contribution in [3.63, 3.8) is 0 Å². The van der Waals surface area contributed by atoms with E-state index in [1.807, 2.05) is 0 Å². The number of thiophene rings is 1. The minimum absolute atomic E-state index is 0.0553. The van der Waals surface area contributed by atoms with E-state index in [1.165, 1.54) is 19.1 Å². The molecule has 1 amide bonds. The van der Waals surface area contributed by atoms with Gasteiger partial charge in [-0.05, 0) is 18.4 Å². The van der Waals surface area contributed by atoms with Crippen LogP contribution in [-0.2, 0) is 0 Å². The highest BCUT2D eigenvalue weighted by atomic mass is 32.1. The molecule has 1 N–H and O–H groups in total. The first-order chi connectivity index (χ1) is 8.25. The zero-order valence-electron chi connectivity index (χ0n) is 9.23. The van der Waals surface area contributed by atoms with Gasteiger partial charge in [0.1, 0.15) is 0 Å². The molecule has 0 fully saturated rings. The third-order valence-corrected chi connectivity index (χ3v) is 3.36. The molecule has 0 bridgehead atoms. The van der Waals surface area contributed by atoms with Crippen molar-refractivity contribution in [3.05, 3.63) is 22.4 Å². The Morgan fingerprint density at radius 2 is 2.28 bits per heavy atom. The average Bonchev–Trinajstić information content (AvgIpc) is 2.84. The Morgan fingerprint density at radius 3 is 2.78 bits per heavy atom. The molecule has 4 nitrogen and oxygen atoms in total. The molecule has 1 aromatic rings. The van der Waals surface area contributed by atoms with Crippen molar-refractivity contribution in [2.75, 3.05) is 0 Å². The molecule has 0 aliphatic carbocycles. The molecule has 0 aromatic carbocycles. The lowest BCUT2D eigenvalue weighted by Gasteiger charge is -2.32. The van der Waals surface area contributed by atoms with Gasteiger partial charge in [-0.2, -0.15) is 23.3 Å². The van der Waals surface area contributed by atoms with Crippen LogP contribution in [0, 0.1) is 0 Å². The van der Waals surface area contributed by atoms with Crippen LogP contribution >= 0.6 is 11.3 Å². The Balaban J connectivity index is 2.39. The summed E-state index contributed by atoms with van der Waals surface area (Å²) in [4.78, 5) is 12.0. The van der Waals surface area contributed by atoms with Gasteiger partial charge in [-0.25, -0.2) is 0 Å². The molecule has 2 rings (SSSR count). The molecule has 0 saturated heterocycles. The van der Waals surface area contributed by atoms with Crippen LogP contribution in [0.3, 0.4) is 0 Å². The zero-order valence-corrected chi connectivity index (χ0v) is 10.0. The molecule has 1 unspecified atom stereocenters. The van der Waals surface area contributed by atoms with E-state index in [0.29, 0.717) is 0 Å². The monoisotopic (exact) mass is 278 g/mol. The standard InChI is InChI=1S/C10H9F3N2O2S/c1-6-5-9(17,10(11,12)13)15(14-6)8(16)7-3-2-4-18-7/h2-4,17H,5H2,1H3. The summed E-state index contributed by atoms with van der Waals surface area (Å²) in [6.07, 6.45) is -5.69. The van der Waals surface area contributed by atoms with Crippen LogP contribution in [0.4, 0.5) is 13.2 Å². The van der Waals surface area contributed by atoms with Crippen LogP contribution in [0.5, 0.6) is 0 Å². The van der Waals surface area contributed by atoms with Crippen LogP contribution in [-0.4, -0.2) is 33.6 Å². The second-order valence-corrected chi connectivity index (χ2v) is 4.87. The van der Waals surface area contributed by atoms with E-state index in [9.17, 15) is 23.1 Å². The summed E-state index contributed by atoms with van der Waals surface area (Å²) in [5.41, 5.74) is -3.20. The average molecular weight is 278 g/mol. The molecule has 0 radical (unpaired) electrons. The number of rotatable bonds is 1. The van der Waals surface area contributed by atoms with E-state index >= 15 is 0 Å². The smallest absolute Gasteiger partial charge is 0.362 e. The van der Waals surface area contributed by atoms with Gasteiger partial charge in [0, 0.05) is 12.1 Å². The highest BCUT2D eigenvalue weighted by Crippen LogP contribution is 2.41. The number of aliphatic hydroxyl groups is 1. The second kappa shape index (κ2) is 4.06. The molecule has 1 aromatic heterocycles. The van der Waals surface area contributed by atoms with Gasteiger partial charge in [-0.1, -0.05) is 6.07 Å². The summed E-state index contributed by atoms with van der Waals surface area (Å²) in [5.74, 6) is -0.957. The van der Waals surface area contributed by atoms with E-state index in [1.54, 1.807) is 5.38 Å². The van der Waals surface area contributed by atoms with Crippen LogP contribution < -0.4 is 0 Å². The summed E-state index contributed by atoms with van der Waals surface area (Å²) in [6.45, 7) is 1.33. The first kappa shape index (κ1) is 13.0. The lowest BCUT2D eigenvalue weighted by atomic mass is 10.1. The predicted octanol–water partition coefficient (Wildman–Crippen LogP) is 2.22. The fourth-order valence-corrected chi connectivity index (χ4v) is 2.31. The Labute approximate surface area is 104 Å². The molecule has 2 heterocycles. The molecule has 0 saturated carbocycles. The third-order valence-electron chi connectivity index (χ3n) is 2.50. The fourth-order valence-electron chi connectivity index (χ4n) is 1.66. The number of carbonyl (C=O) groups excluding carboxylic acids is 1. The predicted molar refractivity (Wildman–Crippen MR) is 59.2 cm³/mol. The van der Waals surface area contributed by atoms with Crippen molar-refractivity contribution in [3.8, 4) is 0 Å². The van der Waals surface area contributed by atoms with Crippen molar-refractivity contribution in [1.82, 2.24) is 5.01 Å². The number of amides is 1. The second-order valence-electron chi connectivity index (χ2n) is 3.92. The quantitative estimate of drug-likeness (QED) is 0.856. The van der Waals surface area contributed by atoms with E-state index in [0.717, 1.165) is 11.3 Å². The number of alkyl halides is 3. The molecule has 1 aliphatic heterocycles. The maximum Gasteiger partial charge on any atom is 0.438 e. The van der Waals surface area contributed by atoms with E-state index < -0.39 is 24.2 Å². The zero-order chi connectivity index (χ0) is 13.6. The van der Waals surface area contributed by atoms with E-state index in [-0.39, 0.29) is 15.6 Å². The van der Waals surface area contributed by atoms with Gasteiger partial charge < -0.3 is 5.11 Å². The normalized spacial score (nSPS) is 24.3. The number of carbonyl (C=O) groups is 1. The Hall–Kier alpha value is -1.41. The summed E-state index contributed by atoms with van der Waals surface area (Å²) >= 11 is 0.992. The molecule has 1 aliphatic rings. The lowest BCUT2D eigenvalue weighted by Crippen LogP contribution is -2.56. The van der Waals surface area contributed by atoms with Gasteiger partial charge in [-0.15, -0.1) is 11.3 Å². The third kappa shape index (κ3) is 1.91. The number of hydrogen-bond acceptors (Lipinski definition) is 4. The Morgan fingerprint density at radius 1 is 1.61 bits per heavy atom. The Bertz CT molecular complexity index is 498. The number of hydrogen-bond donors (Lipinski definition) is 1. The van der Waals surface area contributed by atoms with E-state index in [2.05, 4.69) is 5.10 Å². The molecular weight excluding hydrogens is 269 g/mol. The molecule has 0 spiro atoms.